The van der Waals surface area contributed by atoms with Gasteiger partial charge in [-0.1, -0.05) is 13.8 Å². The molecule has 16 heavy (non-hydrogen) atoms. The highest BCUT2D eigenvalue weighted by Crippen LogP contribution is 2.18. The number of rotatable bonds is 3. The summed E-state index contributed by atoms with van der Waals surface area (Å²) < 4.78 is 5.66. The molecular weight excluding hydrogens is 206 g/mol. The fraction of sp³-hybridized carbons (Fsp3) is 0.909. The van der Waals surface area contributed by atoms with Crippen LogP contribution in [-0.2, 0) is 9.53 Å². The van der Waals surface area contributed by atoms with Gasteiger partial charge in [0.1, 0.15) is 0 Å². The van der Waals surface area contributed by atoms with Gasteiger partial charge in [0.15, 0.2) is 0 Å². The van der Waals surface area contributed by atoms with E-state index in [0.717, 1.165) is 13.1 Å². The normalized spacial score (nSPS) is 29.1. The first kappa shape index (κ1) is 13.4. The number of amides is 1. The van der Waals surface area contributed by atoms with Gasteiger partial charge in [-0.2, -0.15) is 0 Å². The van der Waals surface area contributed by atoms with E-state index < -0.39 is 0 Å². The number of hydrogen-bond donors (Lipinski definition) is 2. The van der Waals surface area contributed by atoms with E-state index >= 15 is 0 Å². The Kier molecular flexibility index (Phi) is 4.70. The Morgan fingerprint density at radius 3 is 2.25 bits per heavy atom. The van der Waals surface area contributed by atoms with Crippen LogP contribution in [0.15, 0.2) is 0 Å². The molecule has 1 saturated heterocycles. The summed E-state index contributed by atoms with van der Waals surface area (Å²) in [5, 5.41) is 0. The quantitative estimate of drug-likeness (QED) is 0.409. The van der Waals surface area contributed by atoms with Gasteiger partial charge in [-0.25, -0.2) is 5.84 Å². The van der Waals surface area contributed by atoms with Crippen molar-refractivity contribution in [2.75, 3.05) is 13.1 Å². The van der Waals surface area contributed by atoms with Gasteiger partial charge in [0.25, 0.3) is 5.91 Å². The average molecular weight is 229 g/mol. The van der Waals surface area contributed by atoms with Crippen molar-refractivity contribution in [2.45, 2.75) is 45.9 Å². The van der Waals surface area contributed by atoms with Crippen molar-refractivity contribution in [3.05, 3.63) is 0 Å². The summed E-state index contributed by atoms with van der Waals surface area (Å²) in [6, 6.07) is -0.168. The van der Waals surface area contributed by atoms with Crippen LogP contribution in [0.4, 0.5) is 0 Å². The number of nitrogens with zero attached hydrogens (tertiary/aromatic N) is 1. The minimum Gasteiger partial charge on any atom is -0.373 e. The highest BCUT2D eigenvalue weighted by Gasteiger charge is 2.33. The molecule has 0 spiro atoms. The number of hydrazine groups is 1. The second-order valence-corrected chi connectivity index (χ2v) is 4.91. The predicted octanol–water partition coefficient (Wildman–Crippen LogP) is 0.110. The van der Waals surface area contributed by atoms with E-state index in [2.05, 4.69) is 10.3 Å². The van der Waals surface area contributed by atoms with Crippen molar-refractivity contribution in [1.82, 2.24) is 10.3 Å². The monoisotopic (exact) mass is 229 g/mol. The van der Waals surface area contributed by atoms with E-state index in [9.17, 15) is 4.79 Å². The Labute approximate surface area is 97.3 Å². The van der Waals surface area contributed by atoms with Crippen LogP contribution in [0.2, 0.25) is 0 Å². The summed E-state index contributed by atoms with van der Waals surface area (Å²) in [4.78, 5) is 13.9. The first-order valence-electron chi connectivity index (χ1n) is 5.85. The minimum absolute atomic E-state index is 0.115. The van der Waals surface area contributed by atoms with Gasteiger partial charge in [0, 0.05) is 13.1 Å². The molecule has 1 aliphatic rings. The van der Waals surface area contributed by atoms with Crippen LogP contribution in [-0.4, -0.2) is 42.1 Å². The van der Waals surface area contributed by atoms with Crippen LogP contribution < -0.4 is 11.3 Å². The van der Waals surface area contributed by atoms with Gasteiger partial charge in [0.05, 0.1) is 18.2 Å². The van der Waals surface area contributed by atoms with Crippen LogP contribution in [0.1, 0.15) is 27.7 Å². The number of nitrogens with two attached hydrogens (primary N) is 1. The van der Waals surface area contributed by atoms with E-state index in [4.69, 9.17) is 10.6 Å². The molecule has 1 amide bonds. The Bertz CT molecular complexity index is 235. The summed E-state index contributed by atoms with van der Waals surface area (Å²) in [5.41, 5.74) is 2.25. The lowest BCUT2D eigenvalue weighted by Gasteiger charge is -2.40. The fourth-order valence-corrected chi connectivity index (χ4v) is 2.42. The SMILES string of the molecule is CC1CN(C(C(=O)NN)C(C)C)CC(C)O1. The van der Waals surface area contributed by atoms with E-state index in [0.29, 0.717) is 0 Å². The van der Waals surface area contributed by atoms with Gasteiger partial charge >= 0.3 is 0 Å². The van der Waals surface area contributed by atoms with Gasteiger partial charge in [-0.05, 0) is 19.8 Å². The van der Waals surface area contributed by atoms with Gasteiger partial charge in [0.2, 0.25) is 0 Å². The largest absolute Gasteiger partial charge is 0.373 e. The number of nitrogens with one attached hydrogen (secondary N) is 1. The summed E-state index contributed by atoms with van der Waals surface area (Å²) >= 11 is 0. The fourth-order valence-electron chi connectivity index (χ4n) is 2.42. The van der Waals surface area contributed by atoms with Crippen LogP contribution in [0, 0.1) is 5.92 Å². The molecule has 0 aromatic rings. The maximum Gasteiger partial charge on any atom is 0.251 e. The standard InChI is InChI=1S/C11H23N3O2/c1-7(2)10(11(15)13-12)14-5-8(3)16-9(4)6-14/h7-10H,5-6,12H2,1-4H3,(H,13,15). The van der Waals surface area contributed by atoms with E-state index in [1.165, 1.54) is 0 Å². The molecule has 5 heteroatoms. The van der Waals surface area contributed by atoms with E-state index in [1.54, 1.807) is 0 Å². The molecule has 0 saturated carbocycles. The first-order valence-corrected chi connectivity index (χ1v) is 5.85. The molecule has 1 aliphatic heterocycles. The smallest absolute Gasteiger partial charge is 0.251 e. The first-order chi connectivity index (χ1) is 7.45. The second kappa shape index (κ2) is 5.61. The van der Waals surface area contributed by atoms with Gasteiger partial charge in [-0.15, -0.1) is 0 Å². The Balaban J connectivity index is 2.74. The summed E-state index contributed by atoms with van der Waals surface area (Å²) in [7, 11) is 0. The maximum absolute atomic E-state index is 11.7. The molecular formula is C11H23N3O2. The molecule has 0 aliphatic carbocycles. The van der Waals surface area contributed by atoms with Crippen molar-refractivity contribution in [2.24, 2.45) is 11.8 Å². The summed E-state index contributed by atoms with van der Waals surface area (Å²) in [6.07, 6.45) is 0.325. The molecule has 1 rings (SSSR count). The second-order valence-electron chi connectivity index (χ2n) is 4.91. The minimum atomic E-state index is -0.168. The Morgan fingerprint density at radius 2 is 1.88 bits per heavy atom. The molecule has 0 aromatic heterocycles. The van der Waals surface area contributed by atoms with Crippen LogP contribution in [0.5, 0.6) is 0 Å². The molecule has 3 N–H and O–H groups in total. The Morgan fingerprint density at radius 1 is 1.38 bits per heavy atom. The molecule has 0 bridgehead atoms. The van der Waals surface area contributed by atoms with Crippen LogP contribution in [0.25, 0.3) is 0 Å². The molecule has 3 unspecified atom stereocenters. The van der Waals surface area contributed by atoms with Gasteiger partial charge in [-0.3, -0.25) is 15.1 Å². The molecule has 1 heterocycles. The molecule has 94 valence electrons. The van der Waals surface area contributed by atoms with Crippen LogP contribution >= 0.6 is 0 Å². The van der Waals surface area contributed by atoms with Crippen molar-refractivity contribution >= 4 is 5.91 Å². The molecule has 3 atom stereocenters. The van der Waals surface area contributed by atoms with E-state index in [1.807, 2.05) is 27.7 Å². The van der Waals surface area contributed by atoms with Crippen molar-refractivity contribution in [3.63, 3.8) is 0 Å². The highest BCUT2D eigenvalue weighted by atomic mass is 16.5. The zero-order chi connectivity index (χ0) is 12.3. The molecule has 5 nitrogen and oxygen atoms in total. The molecule has 1 fully saturated rings. The highest BCUT2D eigenvalue weighted by molar-refractivity contribution is 5.81. The number of ether oxygens (including phenoxy) is 1. The summed E-state index contributed by atoms with van der Waals surface area (Å²) in [5.74, 6) is 5.35. The molecule has 0 aromatic carbocycles. The number of carbonyl (C=O) groups excluding carboxylic acids is 1. The zero-order valence-electron chi connectivity index (χ0n) is 10.6. The topological polar surface area (TPSA) is 67.6 Å². The van der Waals surface area contributed by atoms with Crippen molar-refractivity contribution in [3.8, 4) is 0 Å². The average Bonchev–Trinajstić information content (AvgIpc) is 2.15. The lowest BCUT2D eigenvalue weighted by Crippen LogP contribution is -2.57. The van der Waals surface area contributed by atoms with Gasteiger partial charge < -0.3 is 4.74 Å². The number of morpholine rings is 1. The third-order valence-electron chi connectivity index (χ3n) is 2.88. The zero-order valence-corrected chi connectivity index (χ0v) is 10.6. The lowest BCUT2D eigenvalue weighted by atomic mass is 10.00. The van der Waals surface area contributed by atoms with Crippen LogP contribution in [0.3, 0.4) is 0 Å². The third kappa shape index (κ3) is 3.17. The van der Waals surface area contributed by atoms with Crippen molar-refractivity contribution < 1.29 is 9.53 Å². The predicted molar refractivity (Wildman–Crippen MR) is 62.5 cm³/mol. The van der Waals surface area contributed by atoms with E-state index in [-0.39, 0.29) is 30.1 Å². The van der Waals surface area contributed by atoms with Crippen molar-refractivity contribution in [1.29, 1.82) is 0 Å². The Hall–Kier alpha value is -0.650. The lowest BCUT2D eigenvalue weighted by molar-refractivity contribution is -0.135. The third-order valence-corrected chi connectivity index (χ3v) is 2.88. The maximum atomic E-state index is 11.7. The summed E-state index contributed by atoms with van der Waals surface area (Å²) in [6.45, 7) is 9.68. The number of hydrogen-bond acceptors (Lipinski definition) is 4. The molecule has 0 radical (unpaired) electrons. The number of carbonyl (C=O) groups is 1.